The molecule has 2 rings (SSSR count). The fourth-order valence-electron chi connectivity index (χ4n) is 1.88. The normalized spacial score (nSPS) is 20.1. The van der Waals surface area contributed by atoms with Crippen LogP contribution in [0.25, 0.3) is 0 Å². The van der Waals surface area contributed by atoms with Crippen LogP contribution in [0.1, 0.15) is 20.3 Å². The van der Waals surface area contributed by atoms with Crippen LogP contribution in [0.5, 0.6) is 5.75 Å². The van der Waals surface area contributed by atoms with Gasteiger partial charge in [-0.1, -0.05) is 15.9 Å². The molecule has 1 atom stereocenters. The summed E-state index contributed by atoms with van der Waals surface area (Å²) in [6.07, 6.45) is 1.03. The Kier molecular flexibility index (Phi) is 3.72. The number of carbonyl (C=O) groups excluding carboxylic acids is 1. The van der Waals surface area contributed by atoms with Gasteiger partial charge in [-0.2, -0.15) is 0 Å². The lowest BCUT2D eigenvalue weighted by atomic mass is 10.3. The van der Waals surface area contributed by atoms with Gasteiger partial charge < -0.3 is 9.64 Å². The van der Waals surface area contributed by atoms with Crippen molar-refractivity contribution < 1.29 is 9.53 Å². The van der Waals surface area contributed by atoms with E-state index in [9.17, 15) is 4.79 Å². The Balaban J connectivity index is 2.10. The maximum atomic E-state index is 11.8. The Morgan fingerprint density at radius 3 is 2.47 bits per heavy atom. The molecule has 0 spiro atoms. The monoisotopic (exact) mass is 297 g/mol. The lowest BCUT2D eigenvalue weighted by Crippen LogP contribution is -2.26. The summed E-state index contributed by atoms with van der Waals surface area (Å²) in [6.45, 7) is 4.76. The first-order valence-corrected chi connectivity index (χ1v) is 6.71. The number of benzene rings is 1. The second kappa shape index (κ2) is 5.08. The molecule has 0 aromatic heterocycles. The summed E-state index contributed by atoms with van der Waals surface area (Å²) >= 11 is 3.37. The fourth-order valence-corrected chi connectivity index (χ4v) is 2.33. The van der Waals surface area contributed by atoms with E-state index in [4.69, 9.17) is 4.74 Å². The smallest absolute Gasteiger partial charge is 0.240 e. The number of carbonyl (C=O) groups is 1. The molecule has 0 N–H and O–H groups in total. The second-order valence-electron chi connectivity index (χ2n) is 4.41. The molecule has 4 heteroatoms. The molecule has 3 nitrogen and oxygen atoms in total. The van der Waals surface area contributed by atoms with E-state index in [2.05, 4.69) is 15.9 Å². The van der Waals surface area contributed by atoms with Crippen molar-refractivity contribution in [2.45, 2.75) is 31.2 Å². The number of hydrogen-bond donors (Lipinski definition) is 0. The van der Waals surface area contributed by atoms with Gasteiger partial charge in [0.05, 0.1) is 10.9 Å². The van der Waals surface area contributed by atoms with Crippen LogP contribution in [-0.4, -0.2) is 23.4 Å². The molecule has 92 valence electrons. The van der Waals surface area contributed by atoms with E-state index in [-0.39, 0.29) is 16.8 Å². The van der Waals surface area contributed by atoms with Gasteiger partial charge in [0.1, 0.15) is 5.75 Å². The second-order valence-corrected chi connectivity index (χ2v) is 5.51. The van der Waals surface area contributed by atoms with E-state index in [1.165, 1.54) is 0 Å². The first-order chi connectivity index (χ1) is 8.08. The average Bonchev–Trinajstić information content (AvgIpc) is 2.60. The van der Waals surface area contributed by atoms with Gasteiger partial charge >= 0.3 is 0 Å². The van der Waals surface area contributed by atoms with Crippen molar-refractivity contribution in [1.82, 2.24) is 0 Å². The third kappa shape index (κ3) is 2.80. The van der Waals surface area contributed by atoms with E-state index < -0.39 is 0 Å². The van der Waals surface area contributed by atoms with Gasteiger partial charge in [-0.3, -0.25) is 4.79 Å². The summed E-state index contributed by atoms with van der Waals surface area (Å²) in [5.74, 6) is 0.980. The molecule has 1 aliphatic rings. The van der Waals surface area contributed by atoms with Crippen LogP contribution >= 0.6 is 15.9 Å². The van der Waals surface area contributed by atoms with E-state index in [1.54, 1.807) is 4.90 Å². The maximum Gasteiger partial charge on any atom is 0.240 e. The average molecular weight is 298 g/mol. The summed E-state index contributed by atoms with van der Waals surface area (Å²) < 4.78 is 5.57. The minimum atomic E-state index is -0.0332. The molecular weight excluding hydrogens is 282 g/mol. The van der Waals surface area contributed by atoms with Gasteiger partial charge in [-0.15, -0.1) is 0 Å². The molecule has 1 fully saturated rings. The topological polar surface area (TPSA) is 29.5 Å². The number of amides is 1. The molecule has 1 aromatic carbocycles. The Hall–Kier alpha value is -1.03. The van der Waals surface area contributed by atoms with Crippen LogP contribution in [0.3, 0.4) is 0 Å². The van der Waals surface area contributed by atoms with E-state index in [0.717, 1.165) is 24.4 Å². The molecule has 1 aromatic rings. The molecule has 0 aliphatic carbocycles. The number of hydrogen-bond acceptors (Lipinski definition) is 2. The highest BCUT2D eigenvalue weighted by Crippen LogP contribution is 2.27. The van der Waals surface area contributed by atoms with E-state index in [1.807, 2.05) is 38.1 Å². The standard InChI is InChI=1S/C13H16BrNO2/c1-9(2)17-11-5-3-10(4-6-11)15-8-7-12(14)13(15)16/h3-6,9,12H,7-8H2,1-2H3. The van der Waals surface area contributed by atoms with Gasteiger partial charge in [0.2, 0.25) is 5.91 Å². The first-order valence-electron chi connectivity index (χ1n) is 5.80. The fraction of sp³-hybridized carbons (Fsp3) is 0.462. The quantitative estimate of drug-likeness (QED) is 0.803. The molecule has 1 saturated heterocycles. The maximum absolute atomic E-state index is 11.8. The molecular formula is C13H16BrNO2. The number of alkyl halides is 1. The van der Waals surface area contributed by atoms with Crippen molar-refractivity contribution in [2.24, 2.45) is 0 Å². The molecule has 0 bridgehead atoms. The van der Waals surface area contributed by atoms with Crippen molar-refractivity contribution in [3.8, 4) is 5.75 Å². The number of halogens is 1. The van der Waals surface area contributed by atoms with Gasteiger partial charge in [0.25, 0.3) is 0 Å². The molecule has 1 heterocycles. The molecule has 0 radical (unpaired) electrons. The van der Waals surface area contributed by atoms with Crippen molar-refractivity contribution in [3.63, 3.8) is 0 Å². The zero-order valence-electron chi connectivity index (χ0n) is 10.0. The Morgan fingerprint density at radius 2 is 2.00 bits per heavy atom. The lowest BCUT2D eigenvalue weighted by Gasteiger charge is -2.17. The van der Waals surface area contributed by atoms with Gasteiger partial charge in [0, 0.05) is 12.2 Å². The predicted octanol–water partition coefficient (Wildman–Crippen LogP) is 2.97. The Morgan fingerprint density at radius 1 is 1.35 bits per heavy atom. The van der Waals surface area contributed by atoms with Crippen LogP contribution in [0.15, 0.2) is 24.3 Å². The van der Waals surface area contributed by atoms with Crippen molar-refractivity contribution in [1.29, 1.82) is 0 Å². The summed E-state index contributed by atoms with van der Waals surface area (Å²) in [7, 11) is 0. The van der Waals surface area contributed by atoms with Gasteiger partial charge in [0.15, 0.2) is 0 Å². The van der Waals surface area contributed by atoms with Gasteiger partial charge in [-0.05, 0) is 44.5 Å². The minimum absolute atomic E-state index is 0.0332. The molecule has 17 heavy (non-hydrogen) atoms. The molecule has 1 unspecified atom stereocenters. The SMILES string of the molecule is CC(C)Oc1ccc(N2CCC(Br)C2=O)cc1. The summed E-state index contributed by atoms with van der Waals surface area (Å²) in [4.78, 5) is 13.6. The minimum Gasteiger partial charge on any atom is -0.491 e. The third-order valence-corrected chi connectivity index (χ3v) is 3.51. The number of ether oxygens (including phenoxy) is 1. The van der Waals surface area contributed by atoms with Crippen molar-refractivity contribution >= 4 is 27.5 Å². The summed E-state index contributed by atoms with van der Waals surface area (Å²) in [6, 6.07) is 7.68. The third-order valence-electron chi connectivity index (χ3n) is 2.66. The first kappa shape index (κ1) is 12.4. The largest absolute Gasteiger partial charge is 0.491 e. The lowest BCUT2D eigenvalue weighted by molar-refractivity contribution is -0.116. The highest BCUT2D eigenvalue weighted by atomic mass is 79.9. The highest BCUT2D eigenvalue weighted by Gasteiger charge is 2.30. The predicted molar refractivity (Wildman–Crippen MR) is 71.9 cm³/mol. The van der Waals surface area contributed by atoms with Crippen molar-refractivity contribution in [3.05, 3.63) is 24.3 Å². The number of rotatable bonds is 3. The van der Waals surface area contributed by atoms with Crippen LogP contribution in [0, 0.1) is 0 Å². The van der Waals surface area contributed by atoms with E-state index >= 15 is 0 Å². The molecule has 1 amide bonds. The zero-order chi connectivity index (χ0) is 12.4. The molecule has 1 aliphatic heterocycles. The highest BCUT2D eigenvalue weighted by molar-refractivity contribution is 9.10. The van der Waals surface area contributed by atoms with E-state index in [0.29, 0.717) is 0 Å². The Labute approximate surface area is 110 Å². The van der Waals surface area contributed by atoms with Crippen LogP contribution < -0.4 is 9.64 Å². The Bertz CT molecular complexity index is 402. The van der Waals surface area contributed by atoms with Gasteiger partial charge in [-0.25, -0.2) is 0 Å². The van der Waals surface area contributed by atoms with Crippen LogP contribution in [0.2, 0.25) is 0 Å². The summed E-state index contributed by atoms with van der Waals surface area (Å²) in [5.41, 5.74) is 0.938. The number of nitrogens with zero attached hydrogens (tertiary/aromatic N) is 1. The number of anilines is 1. The zero-order valence-corrected chi connectivity index (χ0v) is 11.6. The van der Waals surface area contributed by atoms with Crippen molar-refractivity contribution in [2.75, 3.05) is 11.4 Å². The molecule has 0 saturated carbocycles. The van der Waals surface area contributed by atoms with Crippen LogP contribution in [0.4, 0.5) is 5.69 Å². The van der Waals surface area contributed by atoms with Crippen LogP contribution in [-0.2, 0) is 4.79 Å². The summed E-state index contributed by atoms with van der Waals surface area (Å²) in [5, 5.41) is 0.